The van der Waals surface area contributed by atoms with Gasteiger partial charge >= 0.3 is 0 Å². The number of nitrogens with one attached hydrogen (secondary N) is 1. The molecule has 3 nitrogen and oxygen atoms in total. The van der Waals surface area contributed by atoms with Gasteiger partial charge < -0.3 is 15.2 Å². The van der Waals surface area contributed by atoms with E-state index in [0.717, 1.165) is 24.3 Å². The van der Waals surface area contributed by atoms with Crippen molar-refractivity contribution in [3.05, 3.63) is 29.3 Å². The van der Waals surface area contributed by atoms with E-state index in [1.807, 2.05) is 19.1 Å². The number of rotatable bonds is 1. The van der Waals surface area contributed by atoms with Crippen molar-refractivity contribution in [2.24, 2.45) is 0 Å². The molecule has 0 amide bonds. The van der Waals surface area contributed by atoms with Gasteiger partial charge in [0.15, 0.2) is 0 Å². The Morgan fingerprint density at radius 1 is 1.50 bits per heavy atom. The predicted molar refractivity (Wildman–Crippen MR) is 54.4 cm³/mol. The van der Waals surface area contributed by atoms with Crippen molar-refractivity contribution in [3.8, 4) is 5.75 Å². The molecule has 0 bridgehead atoms. The van der Waals surface area contributed by atoms with Crippen LogP contribution in [-0.4, -0.2) is 24.9 Å². The number of morpholine rings is 1. The molecular formula is C11H15NO2. The van der Waals surface area contributed by atoms with E-state index in [0.29, 0.717) is 12.4 Å². The molecule has 2 N–H and O–H groups in total. The van der Waals surface area contributed by atoms with Crippen molar-refractivity contribution >= 4 is 0 Å². The molecule has 1 heterocycles. The van der Waals surface area contributed by atoms with Gasteiger partial charge in [0.05, 0.1) is 19.3 Å². The molecule has 14 heavy (non-hydrogen) atoms. The molecule has 0 spiro atoms. The highest BCUT2D eigenvalue weighted by Gasteiger charge is 2.18. The Labute approximate surface area is 83.7 Å². The van der Waals surface area contributed by atoms with Crippen LogP contribution < -0.4 is 5.32 Å². The van der Waals surface area contributed by atoms with E-state index in [1.54, 1.807) is 6.07 Å². The van der Waals surface area contributed by atoms with E-state index in [9.17, 15) is 5.11 Å². The van der Waals surface area contributed by atoms with Crippen LogP contribution in [0.25, 0.3) is 0 Å². The maximum atomic E-state index is 9.69. The number of phenols is 1. The number of hydrogen-bond acceptors (Lipinski definition) is 3. The van der Waals surface area contributed by atoms with Crippen LogP contribution in [0.5, 0.6) is 5.75 Å². The Bertz CT molecular complexity index is 319. The Hall–Kier alpha value is -1.06. The van der Waals surface area contributed by atoms with Gasteiger partial charge in [-0.1, -0.05) is 17.7 Å². The Morgan fingerprint density at radius 3 is 3.07 bits per heavy atom. The summed E-state index contributed by atoms with van der Waals surface area (Å²) >= 11 is 0. The van der Waals surface area contributed by atoms with Crippen molar-refractivity contribution < 1.29 is 9.84 Å². The molecule has 1 atom stereocenters. The van der Waals surface area contributed by atoms with Crippen LogP contribution in [0, 0.1) is 6.92 Å². The molecule has 1 aromatic rings. The Balaban J connectivity index is 2.24. The molecule has 0 saturated carbocycles. The first-order chi connectivity index (χ1) is 6.77. The monoisotopic (exact) mass is 193 g/mol. The minimum atomic E-state index is 0.128. The average molecular weight is 193 g/mol. The molecule has 3 heteroatoms. The average Bonchev–Trinajstić information content (AvgIpc) is 2.23. The van der Waals surface area contributed by atoms with E-state index >= 15 is 0 Å². The molecule has 1 aliphatic rings. The van der Waals surface area contributed by atoms with Crippen LogP contribution in [0.3, 0.4) is 0 Å². The molecule has 0 unspecified atom stereocenters. The van der Waals surface area contributed by atoms with Gasteiger partial charge in [-0.05, 0) is 13.0 Å². The summed E-state index contributed by atoms with van der Waals surface area (Å²) in [5.41, 5.74) is 2.09. The zero-order valence-corrected chi connectivity index (χ0v) is 8.29. The minimum Gasteiger partial charge on any atom is -0.508 e. The molecule has 1 aliphatic heterocycles. The van der Waals surface area contributed by atoms with Crippen LogP contribution in [0.2, 0.25) is 0 Å². The molecule has 0 radical (unpaired) electrons. The summed E-state index contributed by atoms with van der Waals surface area (Å²) < 4.78 is 5.36. The summed E-state index contributed by atoms with van der Waals surface area (Å²) in [5, 5.41) is 13.0. The van der Waals surface area contributed by atoms with Gasteiger partial charge in [0.1, 0.15) is 5.75 Å². The fourth-order valence-corrected chi connectivity index (χ4v) is 1.72. The SMILES string of the molecule is Cc1ccc(O)c([C@@H]2COCCN2)c1. The second-order valence-corrected chi connectivity index (χ2v) is 3.64. The van der Waals surface area contributed by atoms with Crippen molar-refractivity contribution in [2.45, 2.75) is 13.0 Å². The molecule has 76 valence electrons. The molecular weight excluding hydrogens is 178 g/mol. The van der Waals surface area contributed by atoms with E-state index in [2.05, 4.69) is 5.32 Å². The summed E-state index contributed by atoms with van der Waals surface area (Å²) in [7, 11) is 0. The molecule has 0 aliphatic carbocycles. The Kier molecular flexibility index (Phi) is 2.70. The quantitative estimate of drug-likeness (QED) is 0.707. The van der Waals surface area contributed by atoms with Crippen molar-refractivity contribution in [3.63, 3.8) is 0 Å². The lowest BCUT2D eigenvalue weighted by molar-refractivity contribution is 0.0761. The third-order valence-electron chi connectivity index (χ3n) is 2.48. The van der Waals surface area contributed by atoms with Gasteiger partial charge in [0.2, 0.25) is 0 Å². The summed E-state index contributed by atoms with van der Waals surface area (Å²) in [5.74, 6) is 0.346. The lowest BCUT2D eigenvalue weighted by Gasteiger charge is -2.24. The van der Waals surface area contributed by atoms with Crippen LogP contribution in [-0.2, 0) is 4.74 Å². The number of phenolic OH excluding ortho intramolecular Hbond substituents is 1. The highest BCUT2D eigenvalue weighted by Crippen LogP contribution is 2.26. The molecule has 1 saturated heterocycles. The maximum absolute atomic E-state index is 9.69. The second kappa shape index (κ2) is 3.98. The fourth-order valence-electron chi connectivity index (χ4n) is 1.72. The highest BCUT2D eigenvalue weighted by molar-refractivity contribution is 5.38. The zero-order chi connectivity index (χ0) is 9.97. The van der Waals surface area contributed by atoms with Crippen LogP contribution in [0.1, 0.15) is 17.2 Å². The smallest absolute Gasteiger partial charge is 0.120 e. The second-order valence-electron chi connectivity index (χ2n) is 3.64. The van der Waals surface area contributed by atoms with Crippen molar-refractivity contribution in [2.75, 3.05) is 19.8 Å². The number of ether oxygens (including phenoxy) is 1. The lowest BCUT2D eigenvalue weighted by atomic mass is 10.0. The van der Waals surface area contributed by atoms with E-state index < -0.39 is 0 Å². The minimum absolute atomic E-state index is 0.128. The first kappa shape index (κ1) is 9.49. The number of hydrogen-bond donors (Lipinski definition) is 2. The van der Waals surface area contributed by atoms with Crippen molar-refractivity contribution in [1.29, 1.82) is 0 Å². The van der Waals surface area contributed by atoms with Crippen LogP contribution in [0.15, 0.2) is 18.2 Å². The molecule has 2 rings (SSSR count). The number of aryl methyl sites for hydroxylation is 1. The third-order valence-corrected chi connectivity index (χ3v) is 2.48. The number of benzene rings is 1. The Morgan fingerprint density at radius 2 is 2.36 bits per heavy atom. The molecule has 1 aromatic carbocycles. The summed E-state index contributed by atoms with van der Waals surface area (Å²) in [4.78, 5) is 0. The van der Waals surface area contributed by atoms with Gasteiger partial charge in [-0.3, -0.25) is 0 Å². The predicted octanol–water partition coefficient (Wildman–Crippen LogP) is 1.36. The standard InChI is InChI=1S/C11H15NO2/c1-8-2-3-11(13)9(6-8)10-7-14-5-4-12-10/h2-3,6,10,12-13H,4-5,7H2,1H3/t10-/m0/s1. The topological polar surface area (TPSA) is 41.5 Å². The van der Waals surface area contributed by atoms with Gasteiger partial charge in [-0.25, -0.2) is 0 Å². The molecule has 0 aromatic heterocycles. The highest BCUT2D eigenvalue weighted by atomic mass is 16.5. The van der Waals surface area contributed by atoms with Gasteiger partial charge in [0.25, 0.3) is 0 Å². The van der Waals surface area contributed by atoms with E-state index in [4.69, 9.17) is 4.74 Å². The summed E-state index contributed by atoms with van der Waals surface area (Å²) in [6, 6.07) is 5.77. The van der Waals surface area contributed by atoms with Crippen molar-refractivity contribution in [1.82, 2.24) is 5.32 Å². The molecule has 1 fully saturated rings. The number of aromatic hydroxyl groups is 1. The van der Waals surface area contributed by atoms with E-state index in [-0.39, 0.29) is 6.04 Å². The first-order valence-corrected chi connectivity index (χ1v) is 4.88. The largest absolute Gasteiger partial charge is 0.508 e. The zero-order valence-electron chi connectivity index (χ0n) is 8.29. The maximum Gasteiger partial charge on any atom is 0.120 e. The summed E-state index contributed by atoms with van der Waals surface area (Å²) in [6.07, 6.45) is 0. The fraction of sp³-hybridized carbons (Fsp3) is 0.455. The first-order valence-electron chi connectivity index (χ1n) is 4.88. The van der Waals surface area contributed by atoms with Gasteiger partial charge in [-0.15, -0.1) is 0 Å². The normalized spacial score (nSPS) is 22.2. The van der Waals surface area contributed by atoms with Gasteiger partial charge in [-0.2, -0.15) is 0 Å². The van der Waals surface area contributed by atoms with Crippen LogP contribution >= 0.6 is 0 Å². The van der Waals surface area contributed by atoms with Crippen LogP contribution in [0.4, 0.5) is 0 Å². The van der Waals surface area contributed by atoms with E-state index in [1.165, 1.54) is 0 Å². The lowest BCUT2D eigenvalue weighted by Crippen LogP contribution is -2.34. The summed E-state index contributed by atoms with van der Waals surface area (Å²) in [6.45, 7) is 4.25. The third kappa shape index (κ3) is 1.89. The van der Waals surface area contributed by atoms with Gasteiger partial charge in [0, 0.05) is 12.1 Å².